The van der Waals surface area contributed by atoms with Crippen LogP contribution in [-0.4, -0.2) is 39.8 Å². The quantitative estimate of drug-likeness (QED) is 0.178. The first-order valence-electron chi connectivity index (χ1n) is 10.5. The molecule has 0 radical (unpaired) electrons. The summed E-state index contributed by atoms with van der Waals surface area (Å²) in [6, 6.07) is 11.8. The Balaban J connectivity index is 1.66. The van der Waals surface area contributed by atoms with Gasteiger partial charge >= 0.3 is 0 Å². The first kappa shape index (κ1) is 24.3. The Bertz CT molecular complexity index is 807. The topological polar surface area (TPSA) is 58.5 Å². The lowest BCUT2D eigenvalue weighted by Crippen LogP contribution is -2.05. The summed E-state index contributed by atoms with van der Waals surface area (Å²) in [6.07, 6.45) is 6.34. The molecule has 0 N–H and O–H groups in total. The van der Waals surface area contributed by atoms with Crippen LogP contribution in [0.15, 0.2) is 53.7 Å². The van der Waals surface area contributed by atoms with E-state index < -0.39 is 0 Å². The predicted octanol–water partition coefficient (Wildman–Crippen LogP) is 5.26. The van der Waals surface area contributed by atoms with E-state index in [1.165, 1.54) is 7.11 Å². The van der Waals surface area contributed by atoms with Crippen molar-refractivity contribution in [2.45, 2.75) is 33.8 Å². The molecule has 2 rings (SSSR count). The molecule has 0 aliphatic heterocycles. The Morgan fingerprint density at radius 1 is 0.871 bits per heavy atom. The number of allylic oxidation sites excluding steroid dienone is 1. The lowest BCUT2D eigenvalue weighted by atomic mass is 10.1. The fourth-order valence-corrected chi connectivity index (χ4v) is 2.91. The lowest BCUT2D eigenvalue weighted by molar-refractivity contribution is 0.107. The van der Waals surface area contributed by atoms with Crippen molar-refractivity contribution in [1.29, 1.82) is 0 Å². The number of aryl methyl sites for hydroxylation is 2. The van der Waals surface area contributed by atoms with E-state index in [9.17, 15) is 0 Å². The molecule has 0 aliphatic carbocycles. The van der Waals surface area contributed by atoms with Crippen molar-refractivity contribution in [3.05, 3.63) is 65.2 Å². The minimum atomic E-state index is 0.370. The van der Waals surface area contributed by atoms with Crippen molar-refractivity contribution in [2.75, 3.05) is 33.5 Å². The molecule has 0 unspecified atom stereocenters. The molecule has 31 heavy (non-hydrogen) atoms. The molecule has 0 amide bonds. The van der Waals surface area contributed by atoms with Crippen LogP contribution in [0.2, 0.25) is 0 Å². The van der Waals surface area contributed by atoms with Crippen molar-refractivity contribution in [3.8, 4) is 17.2 Å². The number of benzene rings is 2. The van der Waals surface area contributed by atoms with E-state index in [2.05, 4.69) is 9.99 Å². The van der Waals surface area contributed by atoms with E-state index in [0.29, 0.717) is 33.0 Å². The molecule has 2 aromatic rings. The highest BCUT2D eigenvalue weighted by Gasteiger charge is 2.07. The summed E-state index contributed by atoms with van der Waals surface area (Å²) in [6.45, 7) is 8.80. The van der Waals surface area contributed by atoms with Gasteiger partial charge in [0.2, 0.25) is 0 Å². The molecular weight excluding hydrogens is 394 g/mol. The number of oxime groups is 1. The summed E-state index contributed by atoms with van der Waals surface area (Å²) < 4.78 is 23.0. The van der Waals surface area contributed by atoms with Crippen LogP contribution >= 0.6 is 0 Å². The molecule has 0 saturated heterocycles. The van der Waals surface area contributed by atoms with Crippen molar-refractivity contribution < 1.29 is 23.8 Å². The largest absolute Gasteiger partial charge is 0.493 e. The van der Waals surface area contributed by atoms with Gasteiger partial charge in [-0.05, 0) is 61.7 Å². The van der Waals surface area contributed by atoms with Crippen LogP contribution in [0.3, 0.4) is 0 Å². The maximum absolute atomic E-state index is 5.99. The van der Waals surface area contributed by atoms with E-state index >= 15 is 0 Å². The minimum absolute atomic E-state index is 0.370. The van der Waals surface area contributed by atoms with E-state index in [-0.39, 0.29) is 0 Å². The Hall–Kier alpha value is -2.99. The predicted molar refractivity (Wildman–Crippen MR) is 123 cm³/mol. The summed E-state index contributed by atoms with van der Waals surface area (Å²) in [5, 5.41) is 3.63. The molecule has 0 bridgehead atoms. The second kappa shape index (κ2) is 14.1. The summed E-state index contributed by atoms with van der Waals surface area (Å²) in [7, 11) is 1.50. The van der Waals surface area contributed by atoms with Crippen LogP contribution in [-0.2, 0) is 16.2 Å². The van der Waals surface area contributed by atoms with Crippen molar-refractivity contribution in [3.63, 3.8) is 0 Å². The highest BCUT2D eigenvalue weighted by atomic mass is 16.6. The van der Waals surface area contributed by atoms with Gasteiger partial charge in [0.05, 0.1) is 26.0 Å². The smallest absolute Gasteiger partial charge is 0.127 e. The molecule has 168 valence electrons. The lowest BCUT2D eigenvalue weighted by Gasteiger charge is -2.14. The number of rotatable bonds is 14. The molecule has 0 atom stereocenters. The van der Waals surface area contributed by atoms with E-state index in [1.807, 2.05) is 69.3 Å². The Morgan fingerprint density at radius 2 is 1.58 bits per heavy atom. The average Bonchev–Trinajstić information content (AvgIpc) is 2.76. The molecule has 6 heteroatoms. The zero-order valence-corrected chi connectivity index (χ0v) is 18.9. The first-order valence-corrected chi connectivity index (χ1v) is 10.5. The van der Waals surface area contributed by atoms with Gasteiger partial charge in [-0.3, -0.25) is 0 Å². The van der Waals surface area contributed by atoms with Crippen molar-refractivity contribution in [1.82, 2.24) is 0 Å². The van der Waals surface area contributed by atoms with Crippen LogP contribution in [0.1, 0.15) is 30.0 Å². The van der Waals surface area contributed by atoms with Gasteiger partial charge in [-0.2, -0.15) is 0 Å². The molecule has 6 nitrogen and oxygen atoms in total. The van der Waals surface area contributed by atoms with Crippen molar-refractivity contribution in [2.24, 2.45) is 5.16 Å². The Kier molecular flexibility index (Phi) is 11.0. The Labute approximate surface area is 185 Å². The van der Waals surface area contributed by atoms with Crippen LogP contribution in [0.25, 0.3) is 0 Å². The highest BCUT2D eigenvalue weighted by Crippen LogP contribution is 2.28. The molecule has 0 saturated carbocycles. The average molecular weight is 428 g/mol. The third-order valence-electron chi connectivity index (χ3n) is 4.39. The van der Waals surface area contributed by atoms with E-state index in [0.717, 1.165) is 40.4 Å². The van der Waals surface area contributed by atoms with Crippen LogP contribution < -0.4 is 14.2 Å². The van der Waals surface area contributed by atoms with Crippen LogP contribution in [0.5, 0.6) is 17.2 Å². The van der Waals surface area contributed by atoms with E-state index in [4.69, 9.17) is 18.9 Å². The van der Waals surface area contributed by atoms with Gasteiger partial charge in [-0.15, -0.1) is 0 Å². The number of nitrogens with zero attached hydrogens (tertiary/aromatic N) is 1. The molecule has 2 aromatic carbocycles. The molecular formula is C25H33NO5. The maximum atomic E-state index is 5.99. The summed E-state index contributed by atoms with van der Waals surface area (Å²) >= 11 is 0. The second-order valence-electron chi connectivity index (χ2n) is 6.95. The zero-order valence-electron chi connectivity index (χ0n) is 18.9. The van der Waals surface area contributed by atoms with Gasteiger partial charge in [0, 0.05) is 6.42 Å². The summed E-state index contributed by atoms with van der Waals surface area (Å²) in [5.74, 6) is 2.57. The second-order valence-corrected chi connectivity index (χ2v) is 6.95. The molecule has 0 heterocycles. The number of ether oxygens (including phenoxy) is 4. The molecule has 0 aliphatic rings. The molecule has 0 spiro atoms. The summed E-state index contributed by atoms with van der Waals surface area (Å²) in [5.41, 5.74) is 3.25. The monoisotopic (exact) mass is 427 g/mol. The minimum Gasteiger partial charge on any atom is -0.493 e. The SMILES string of the molecule is C/C=C/COc1cc(C)c(OCCCOCc2ccc(OC/C=N/OC)cc2)c(C)c1. The zero-order chi connectivity index (χ0) is 22.3. The first-order chi connectivity index (χ1) is 15.1. The third kappa shape index (κ3) is 9.13. The molecule has 0 fully saturated rings. The number of hydrogen-bond acceptors (Lipinski definition) is 6. The maximum Gasteiger partial charge on any atom is 0.127 e. The van der Waals surface area contributed by atoms with Gasteiger partial charge in [0.1, 0.15) is 37.6 Å². The van der Waals surface area contributed by atoms with E-state index in [1.54, 1.807) is 6.21 Å². The standard InChI is InChI=1S/C25H33NO5/c1-5-6-14-29-24-17-20(2)25(21(3)18-24)31-15-7-13-28-19-22-8-10-23(11-9-22)30-16-12-26-27-4/h5-6,8-12,17-18H,7,13-16,19H2,1-4H3/b6-5+,26-12+. The van der Waals surface area contributed by atoms with Crippen LogP contribution in [0.4, 0.5) is 0 Å². The fraction of sp³-hybridized carbons (Fsp3) is 0.400. The van der Waals surface area contributed by atoms with Gasteiger partial charge in [-0.25, -0.2) is 0 Å². The van der Waals surface area contributed by atoms with Gasteiger partial charge in [-0.1, -0.05) is 29.4 Å². The van der Waals surface area contributed by atoms with Gasteiger partial charge < -0.3 is 23.8 Å². The normalized spacial score (nSPS) is 11.2. The summed E-state index contributed by atoms with van der Waals surface area (Å²) in [4.78, 5) is 4.59. The molecule has 0 aromatic heterocycles. The fourth-order valence-electron chi connectivity index (χ4n) is 2.91. The van der Waals surface area contributed by atoms with Crippen LogP contribution in [0, 0.1) is 13.8 Å². The third-order valence-corrected chi connectivity index (χ3v) is 4.39. The van der Waals surface area contributed by atoms with Gasteiger partial charge in [0.15, 0.2) is 0 Å². The Morgan fingerprint density at radius 3 is 2.26 bits per heavy atom. The van der Waals surface area contributed by atoms with Crippen molar-refractivity contribution >= 4 is 6.21 Å². The number of hydrogen-bond donors (Lipinski definition) is 0. The highest BCUT2D eigenvalue weighted by molar-refractivity contribution is 5.58. The van der Waals surface area contributed by atoms with Gasteiger partial charge in [0.25, 0.3) is 0 Å².